The highest BCUT2D eigenvalue weighted by molar-refractivity contribution is 5.24. The molecule has 0 radical (unpaired) electrons. The summed E-state index contributed by atoms with van der Waals surface area (Å²) in [5, 5.41) is 27.6. The van der Waals surface area contributed by atoms with Gasteiger partial charge in [-0.25, -0.2) is 4.79 Å². The molecule has 1 aliphatic heterocycles. The average Bonchev–Trinajstić information content (AvgIpc) is 2.68. The van der Waals surface area contributed by atoms with Gasteiger partial charge in [0.2, 0.25) is 0 Å². The molecule has 0 saturated carbocycles. The Morgan fingerprint density at radius 2 is 2.32 bits per heavy atom. The van der Waals surface area contributed by atoms with E-state index in [0.29, 0.717) is 0 Å². The lowest BCUT2D eigenvalue weighted by atomic mass is 10.1. The van der Waals surface area contributed by atoms with Gasteiger partial charge < -0.3 is 14.9 Å². The van der Waals surface area contributed by atoms with Crippen molar-refractivity contribution in [3.8, 4) is 6.07 Å². The van der Waals surface area contributed by atoms with Crippen molar-refractivity contribution in [2.24, 2.45) is 0 Å². The van der Waals surface area contributed by atoms with Crippen molar-refractivity contribution in [2.75, 3.05) is 6.61 Å². The number of nitrogens with one attached hydrogen (secondary N) is 1. The normalized spacial score (nSPS) is 28.5. The van der Waals surface area contributed by atoms with Gasteiger partial charge in [-0.15, -0.1) is 0 Å². The van der Waals surface area contributed by atoms with Gasteiger partial charge in [0.25, 0.3) is 5.56 Å². The first kappa shape index (κ1) is 13.2. The number of hydrogen-bond acceptors (Lipinski definition) is 6. The summed E-state index contributed by atoms with van der Waals surface area (Å²) in [7, 11) is 0. The smallest absolute Gasteiger partial charge is 0.330 e. The van der Waals surface area contributed by atoms with Gasteiger partial charge in [0, 0.05) is 23.9 Å². The molecule has 1 saturated heterocycles. The number of aliphatic hydroxyl groups is 2. The molecule has 0 spiro atoms. The molecule has 8 nitrogen and oxygen atoms in total. The first-order valence-electron chi connectivity index (χ1n) is 5.44. The summed E-state index contributed by atoms with van der Waals surface area (Å²) < 4.78 is 6.35. The van der Waals surface area contributed by atoms with Gasteiger partial charge in [0.15, 0.2) is 6.23 Å². The molecule has 0 aliphatic carbocycles. The molecule has 1 fully saturated rings. The summed E-state index contributed by atoms with van der Waals surface area (Å²) in [6.07, 6.45) is -0.889. The summed E-state index contributed by atoms with van der Waals surface area (Å²) in [4.78, 5) is 24.7. The number of rotatable bonds is 2. The minimum absolute atomic E-state index is 0.149. The van der Waals surface area contributed by atoms with Crippen LogP contribution in [-0.4, -0.2) is 38.6 Å². The monoisotopic (exact) mass is 265 g/mol. The van der Waals surface area contributed by atoms with E-state index in [2.05, 4.69) is 0 Å². The van der Waals surface area contributed by atoms with Gasteiger partial charge in [-0.2, -0.15) is 5.26 Å². The fourth-order valence-corrected chi connectivity index (χ4v) is 1.89. The number of hydrogen-bond donors (Lipinski definition) is 3. The molecule has 2 rings (SSSR count). The quantitative estimate of drug-likeness (QED) is 0.543. The highest BCUT2D eigenvalue weighted by Gasteiger charge is 2.39. The lowest BCUT2D eigenvalue weighted by Crippen LogP contribution is -2.32. The van der Waals surface area contributed by atoms with Crippen molar-refractivity contribution in [2.45, 2.75) is 18.4 Å². The molecule has 2 heterocycles. The topological polar surface area (TPSA) is 128 Å². The van der Waals surface area contributed by atoms with Crippen molar-refractivity contribution in [1.29, 1.82) is 5.26 Å². The maximum absolute atomic E-state index is 11.7. The zero-order valence-electron chi connectivity index (χ0n) is 9.68. The van der Waals surface area contributed by atoms with Crippen LogP contribution in [-0.2, 0) is 4.74 Å². The molecular formula is C11H11N3O5. The number of nitrogens with zero attached hydrogens (tertiary/aromatic N) is 2. The first-order valence-corrected chi connectivity index (χ1v) is 5.44. The summed E-state index contributed by atoms with van der Waals surface area (Å²) in [6.45, 7) is -0.460. The number of aliphatic hydroxyl groups excluding tert-OH is 2. The summed E-state index contributed by atoms with van der Waals surface area (Å²) in [5.74, 6) is 0. The minimum Gasteiger partial charge on any atom is -0.394 e. The van der Waals surface area contributed by atoms with E-state index in [1.54, 1.807) is 6.07 Å². The predicted octanol–water partition coefficient (Wildman–Crippen LogP) is -1.76. The Labute approximate surface area is 106 Å². The fourth-order valence-electron chi connectivity index (χ4n) is 1.89. The summed E-state index contributed by atoms with van der Waals surface area (Å²) >= 11 is 0. The number of nitriles is 1. The second kappa shape index (κ2) is 5.19. The predicted molar refractivity (Wildman–Crippen MR) is 62.0 cm³/mol. The molecule has 1 aliphatic rings. The van der Waals surface area contributed by atoms with Crippen molar-refractivity contribution < 1.29 is 14.9 Å². The molecule has 100 valence electrons. The third kappa shape index (κ3) is 2.34. The van der Waals surface area contributed by atoms with E-state index in [1.165, 1.54) is 6.20 Å². The summed E-state index contributed by atoms with van der Waals surface area (Å²) in [5.41, 5.74) is -1.15. The zero-order chi connectivity index (χ0) is 14.0. The Hall–Kier alpha value is -2.21. The molecule has 3 N–H and O–H groups in total. The van der Waals surface area contributed by atoms with Crippen LogP contribution in [0.15, 0.2) is 33.5 Å². The number of aromatic amines is 1. The van der Waals surface area contributed by atoms with E-state index in [9.17, 15) is 14.7 Å². The Morgan fingerprint density at radius 3 is 2.89 bits per heavy atom. The number of allylic oxidation sites excluding steroid dienone is 1. The molecule has 3 atom stereocenters. The van der Waals surface area contributed by atoms with Crippen molar-refractivity contribution >= 4 is 0 Å². The van der Waals surface area contributed by atoms with Gasteiger partial charge in [-0.05, 0) is 0 Å². The lowest BCUT2D eigenvalue weighted by Gasteiger charge is -2.14. The molecule has 19 heavy (non-hydrogen) atoms. The number of ether oxygens (including phenoxy) is 1. The number of H-pyrrole nitrogens is 1. The largest absolute Gasteiger partial charge is 0.394 e. The Bertz CT molecular complexity index is 653. The van der Waals surface area contributed by atoms with Crippen LogP contribution < -0.4 is 11.2 Å². The SMILES string of the molecule is N#C/C=C1\[C@H](n2ccc(=O)[nH]c2=O)O[C@H](CO)[C@H]1O. The van der Waals surface area contributed by atoms with Crippen LogP contribution in [0.3, 0.4) is 0 Å². The molecule has 0 amide bonds. The second-order valence-electron chi connectivity index (χ2n) is 3.95. The maximum atomic E-state index is 11.7. The molecule has 0 unspecified atom stereocenters. The van der Waals surface area contributed by atoms with Gasteiger partial charge >= 0.3 is 5.69 Å². The molecule has 1 aromatic heterocycles. The zero-order valence-corrected chi connectivity index (χ0v) is 9.68. The van der Waals surface area contributed by atoms with Crippen LogP contribution in [0.25, 0.3) is 0 Å². The molecule has 0 aromatic carbocycles. The Kier molecular flexibility index (Phi) is 3.62. The highest BCUT2D eigenvalue weighted by atomic mass is 16.5. The van der Waals surface area contributed by atoms with E-state index in [4.69, 9.17) is 15.1 Å². The van der Waals surface area contributed by atoms with Crippen molar-refractivity contribution in [3.05, 3.63) is 44.8 Å². The first-order chi connectivity index (χ1) is 9.08. The molecular weight excluding hydrogens is 254 g/mol. The molecule has 1 aromatic rings. The van der Waals surface area contributed by atoms with Gasteiger partial charge in [0.05, 0.1) is 12.7 Å². The second-order valence-corrected chi connectivity index (χ2v) is 3.95. The van der Waals surface area contributed by atoms with E-state index in [1.807, 2.05) is 4.98 Å². The van der Waals surface area contributed by atoms with Crippen molar-refractivity contribution in [1.82, 2.24) is 9.55 Å². The van der Waals surface area contributed by atoms with E-state index in [0.717, 1.165) is 16.7 Å². The third-order valence-electron chi connectivity index (χ3n) is 2.80. The van der Waals surface area contributed by atoms with Gasteiger partial charge in [0.1, 0.15) is 12.2 Å². The Morgan fingerprint density at radius 1 is 1.58 bits per heavy atom. The summed E-state index contributed by atoms with van der Waals surface area (Å²) in [6, 6.07) is 2.86. The maximum Gasteiger partial charge on any atom is 0.330 e. The lowest BCUT2D eigenvalue weighted by molar-refractivity contribution is -0.0447. The van der Waals surface area contributed by atoms with Crippen LogP contribution in [0.5, 0.6) is 0 Å². The van der Waals surface area contributed by atoms with Gasteiger partial charge in [-0.1, -0.05) is 0 Å². The van der Waals surface area contributed by atoms with E-state index >= 15 is 0 Å². The third-order valence-corrected chi connectivity index (χ3v) is 2.80. The Balaban J connectivity index is 2.49. The molecule has 8 heteroatoms. The van der Waals surface area contributed by atoms with Crippen LogP contribution in [0.2, 0.25) is 0 Å². The molecule has 0 bridgehead atoms. The van der Waals surface area contributed by atoms with Crippen LogP contribution in [0.4, 0.5) is 0 Å². The van der Waals surface area contributed by atoms with E-state index < -0.39 is 36.3 Å². The van der Waals surface area contributed by atoms with Crippen molar-refractivity contribution in [3.63, 3.8) is 0 Å². The standard InChI is InChI=1S/C11H11N3O5/c12-3-1-6-9(17)7(5-15)19-10(6)14-4-2-8(16)13-11(14)18/h1-2,4,7,9-10,15,17H,5H2,(H,13,16,18)/b6-1-/t7-,9+,10-/m1/s1. The van der Waals surface area contributed by atoms with Crippen LogP contribution >= 0.6 is 0 Å². The fraction of sp³-hybridized carbons (Fsp3) is 0.364. The highest BCUT2D eigenvalue weighted by Crippen LogP contribution is 2.32. The average molecular weight is 265 g/mol. The van der Waals surface area contributed by atoms with E-state index in [-0.39, 0.29) is 5.57 Å². The van der Waals surface area contributed by atoms with Crippen LogP contribution in [0.1, 0.15) is 6.23 Å². The van der Waals surface area contributed by atoms with Crippen LogP contribution in [0, 0.1) is 11.3 Å². The minimum atomic E-state index is -1.19. The van der Waals surface area contributed by atoms with Gasteiger partial charge in [-0.3, -0.25) is 14.3 Å². The number of aromatic nitrogens is 2.